The molecule has 2 aromatic rings. The molecule has 5 nitrogen and oxygen atoms in total. The first kappa shape index (κ1) is 21.2. The zero-order chi connectivity index (χ0) is 20.6. The number of rotatable bonds is 7. The molecule has 0 saturated carbocycles. The fraction of sp³-hybridized carbons (Fsp3) is 0.391. The molecule has 0 aromatic heterocycles. The molecule has 1 fully saturated rings. The second-order valence-electron chi connectivity index (χ2n) is 7.24. The molecule has 6 heteroatoms. The molecule has 154 valence electrons. The molecule has 1 aliphatic heterocycles. The number of ether oxygens (including phenoxy) is 1. The van der Waals surface area contributed by atoms with Crippen molar-refractivity contribution >= 4 is 23.4 Å². The zero-order valence-electron chi connectivity index (χ0n) is 16.7. The van der Waals surface area contributed by atoms with Crippen LogP contribution in [0.2, 0.25) is 5.02 Å². The summed E-state index contributed by atoms with van der Waals surface area (Å²) in [6, 6.07) is 17.3. The van der Waals surface area contributed by atoms with Gasteiger partial charge in [-0.15, -0.1) is 0 Å². The topological polar surface area (TPSA) is 49.9 Å². The molecule has 0 N–H and O–H groups in total. The lowest BCUT2D eigenvalue weighted by atomic mass is 10.1. The molecule has 1 atom stereocenters. The van der Waals surface area contributed by atoms with E-state index < -0.39 is 6.10 Å². The average molecular weight is 415 g/mol. The highest BCUT2D eigenvalue weighted by molar-refractivity contribution is 6.32. The molecule has 0 aliphatic carbocycles. The minimum atomic E-state index is -0.622. The molecule has 1 heterocycles. The van der Waals surface area contributed by atoms with Crippen LogP contribution >= 0.6 is 11.6 Å². The van der Waals surface area contributed by atoms with Gasteiger partial charge < -0.3 is 14.5 Å². The van der Waals surface area contributed by atoms with Crippen LogP contribution in [0.15, 0.2) is 54.6 Å². The Morgan fingerprint density at radius 3 is 2.28 bits per heavy atom. The van der Waals surface area contributed by atoms with E-state index in [9.17, 15) is 9.59 Å². The van der Waals surface area contributed by atoms with E-state index in [4.69, 9.17) is 16.3 Å². The quantitative estimate of drug-likeness (QED) is 0.692. The van der Waals surface area contributed by atoms with E-state index in [-0.39, 0.29) is 11.8 Å². The van der Waals surface area contributed by atoms with Gasteiger partial charge in [0.05, 0.1) is 5.02 Å². The number of amides is 2. The predicted molar refractivity (Wildman–Crippen MR) is 114 cm³/mol. The summed E-state index contributed by atoms with van der Waals surface area (Å²) in [5.74, 6) is 0.580. The van der Waals surface area contributed by atoms with Crippen molar-refractivity contribution in [3.63, 3.8) is 0 Å². The minimum absolute atomic E-state index is 0.0823. The molecule has 2 amide bonds. The first-order chi connectivity index (χ1) is 14.0. The van der Waals surface area contributed by atoms with E-state index in [0.717, 1.165) is 12.8 Å². The van der Waals surface area contributed by atoms with E-state index in [2.05, 4.69) is 12.1 Å². The van der Waals surface area contributed by atoms with Gasteiger partial charge in [-0.3, -0.25) is 9.59 Å². The van der Waals surface area contributed by atoms with Crippen LogP contribution < -0.4 is 4.74 Å². The van der Waals surface area contributed by atoms with Gasteiger partial charge in [-0.2, -0.15) is 0 Å². The fourth-order valence-corrected chi connectivity index (χ4v) is 3.64. The van der Waals surface area contributed by atoms with E-state index in [1.54, 1.807) is 24.0 Å². The van der Waals surface area contributed by atoms with Gasteiger partial charge in [-0.1, -0.05) is 54.1 Å². The second kappa shape index (κ2) is 10.3. The third-order valence-corrected chi connectivity index (χ3v) is 5.44. The Balaban J connectivity index is 1.41. The number of para-hydroxylation sites is 1. The van der Waals surface area contributed by atoms with Crippen molar-refractivity contribution in [2.45, 2.75) is 32.3 Å². The van der Waals surface area contributed by atoms with Crippen molar-refractivity contribution in [2.24, 2.45) is 0 Å². The number of halogens is 1. The van der Waals surface area contributed by atoms with Gasteiger partial charge in [0.15, 0.2) is 6.10 Å². The lowest BCUT2D eigenvalue weighted by Gasteiger charge is -2.36. The van der Waals surface area contributed by atoms with Crippen molar-refractivity contribution in [2.75, 3.05) is 26.2 Å². The van der Waals surface area contributed by atoms with Crippen molar-refractivity contribution in [3.05, 3.63) is 65.2 Å². The highest BCUT2D eigenvalue weighted by atomic mass is 35.5. The van der Waals surface area contributed by atoms with Crippen LogP contribution in [-0.4, -0.2) is 53.9 Å². The Bertz CT molecular complexity index is 820. The summed E-state index contributed by atoms with van der Waals surface area (Å²) < 4.78 is 5.73. The summed E-state index contributed by atoms with van der Waals surface area (Å²) in [6.45, 7) is 3.91. The maximum Gasteiger partial charge on any atom is 0.263 e. The standard InChI is InChI=1S/C23H27ClN2O3/c1-18(29-21-12-6-5-11-20(21)24)23(28)26-16-14-25(15-17-26)22(27)13-7-10-19-8-3-2-4-9-19/h2-6,8-9,11-12,18H,7,10,13-17H2,1H3. The third kappa shape index (κ3) is 5.97. The van der Waals surface area contributed by atoms with Crippen LogP contribution in [0.5, 0.6) is 5.75 Å². The molecule has 3 rings (SSSR count). The van der Waals surface area contributed by atoms with Crippen molar-refractivity contribution < 1.29 is 14.3 Å². The van der Waals surface area contributed by atoms with Crippen molar-refractivity contribution in [1.29, 1.82) is 0 Å². The zero-order valence-corrected chi connectivity index (χ0v) is 17.5. The van der Waals surface area contributed by atoms with E-state index in [1.807, 2.05) is 35.2 Å². The Morgan fingerprint density at radius 1 is 0.966 bits per heavy atom. The van der Waals surface area contributed by atoms with Crippen molar-refractivity contribution in [3.8, 4) is 5.75 Å². The number of aryl methyl sites for hydroxylation is 1. The number of hydrogen-bond donors (Lipinski definition) is 0. The normalized spacial score (nSPS) is 15.1. The molecular formula is C23H27ClN2O3. The van der Waals surface area contributed by atoms with Crippen LogP contribution in [0.4, 0.5) is 0 Å². The summed E-state index contributed by atoms with van der Waals surface area (Å²) in [5.41, 5.74) is 1.25. The van der Waals surface area contributed by atoms with E-state index >= 15 is 0 Å². The number of carbonyl (C=O) groups excluding carboxylic acids is 2. The predicted octanol–water partition coefficient (Wildman–Crippen LogP) is 3.80. The SMILES string of the molecule is CC(Oc1ccccc1Cl)C(=O)N1CCN(C(=O)CCCc2ccccc2)CC1. The van der Waals surface area contributed by atoms with Crippen LogP contribution in [0, 0.1) is 0 Å². The molecular weight excluding hydrogens is 388 g/mol. The van der Waals surface area contributed by atoms with Gasteiger partial charge in [0.25, 0.3) is 5.91 Å². The van der Waals surface area contributed by atoms with Crippen LogP contribution in [0.25, 0.3) is 0 Å². The summed E-state index contributed by atoms with van der Waals surface area (Å²) in [7, 11) is 0. The molecule has 1 saturated heterocycles. The molecule has 0 radical (unpaired) electrons. The molecule has 0 spiro atoms. The molecule has 0 bridgehead atoms. The lowest BCUT2D eigenvalue weighted by Crippen LogP contribution is -2.53. The van der Waals surface area contributed by atoms with Gasteiger partial charge in [0, 0.05) is 32.6 Å². The smallest absolute Gasteiger partial charge is 0.263 e. The molecule has 1 aliphatic rings. The Kier molecular flexibility index (Phi) is 7.53. The number of piperazine rings is 1. The summed E-state index contributed by atoms with van der Waals surface area (Å²) in [5, 5.41) is 0.484. The van der Waals surface area contributed by atoms with Crippen LogP contribution in [0.1, 0.15) is 25.3 Å². The summed E-state index contributed by atoms with van der Waals surface area (Å²) in [6.07, 6.45) is 1.66. The van der Waals surface area contributed by atoms with Gasteiger partial charge in [-0.25, -0.2) is 0 Å². The lowest BCUT2D eigenvalue weighted by molar-refractivity contribution is -0.143. The van der Waals surface area contributed by atoms with Gasteiger partial charge in [-0.05, 0) is 37.5 Å². The molecule has 29 heavy (non-hydrogen) atoms. The Morgan fingerprint density at radius 2 is 1.59 bits per heavy atom. The number of benzene rings is 2. The second-order valence-corrected chi connectivity index (χ2v) is 7.64. The largest absolute Gasteiger partial charge is 0.479 e. The van der Waals surface area contributed by atoms with Gasteiger partial charge >= 0.3 is 0 Å². The number of carbonyl (C=O) groups is 2. The highest BCUT2D eigenvalue weighted by Crippen LogP contribution is 2.24. The molecule has 2 aromatic carbocycles. The fourth-order valence-electron chi connectivity index (χ4n) is 3.46. The average Bonchev–Trinajstić information content (AvgIpc) is 2.75. The van der Waals surface area contributed by atoms with Crippen molar-refractivity contribution in [1.82, 2.24) is 9.80 Å². The maximum atomic E-state index is 12.7. The van der Waals surface area contributed by atoms with Crippen LogP contribution in [0.3, 0.4) is 0 Å². The summed E-state index contributed by atoms with van der Waals surface area (Å²) in [4.78, 5) is 28.7. The Labute approximate surface area is 177 Å². The van der Waals surface area contributed by atoms with Gasteiger partial charge in [0.2, 0.25) is 5.91 Å². The number of nitrogens with zero attached hydrogens (tertiary/aromatic N) is 2. The Hall–Kier alpha value is -2.53. The number of hydrogen-bond acceptors (Lipinski definition) is 3. The first-order valence-corrected chi connectivity index (χ1v) is 10.4. The summed E-state index contributed by atoms with van der Waals surface area (Å²) >= 11 is 6.10. The highest BCUT2D eigenvalue weighted by Gasteiger charge is 2.27. The van der Waals surface area contributed by atoms with E-state index in [0.29, 0.717) is 43.4 Å². The monoisotopic (exact) mass is 414 g/mol. The third-order valence-electron chi connectivity index (χ3n) is 5.13. The van der Waals surface area contributed by atoms with Crippen LogP contribution in [-0.2, 0) is 16.0 Å². The minimum Gasteiger partial charge on any atom is -0.479 e. The molecule has 1 unspecified atom stereocenters. The van der Waals surface area contributed by atoms with Gasteiger partial charge in [0.1, 0.15) is 5.75 Å². The first-order valence-electron chi connectivity index (χ1n) is 10.1. The van der Waals surface area contributed by atoms with E-state index in [1.165, 1.54) is 5.56 Å². The maximum absolute atomic E-state index is 12.7.